The van der Waals surface area contributed by atoms with Crippen molar-refractivity contribution in [3.63, 3.8) is 0 Å². The van der Waals surface area contributed by atoms with Crippen molar-refractivity contribution in [1.82, 2.24) is 20.2 Å². The first-order valence-corrected chi connectivity index (χ1v) is 5.92. The Bertz CT molecular complexity index is 522. The zero-order chi connectivity index (χ0) is 12.3. The number of carbonyl (C=O) groups is 1. The highest BCUT2D eigenvalue weighted by Crippen LogP contribution is 2.17. The molecule has 6 nitrogen and oxygen atoms in total. The van der Waals surface area contributed by atoms with Crippen LogP contribution in [0, 0.1) is 6.92 Å². The van der Waals surface area contributed by atoms with E-state index < -0.39 is 5.91 Å². The van der Waals surface area contributed by atoms with E-state index in [2.05, 4.69) is 15.5 Å². The first kappa shape index (κ1) is 11.6. The molecule has 0 aliphatic carbocycles. The lowest BCUT2D eigenvalue weighted by Gasteiger charge is -2.03. The number of aromatic nitrogens is 4. The number of thioether (sulfide) groups is 1. The van der Waals surface area contributed by atoms with Gasteiger partial charge in [-0.1, -0.05) is 29.5 Å². The molecule has 17 heavy (non-hydrogen) atoms. The minimum Gasteiger partial charge on any atom is -0.369 e. The minimum atomic E-state index is -0.395. The maximum absolute atomic E-state index is 10.7. The van der Waals surface area contributed by atoms with Crippen LogP contribution in [0.2, 0.25) is 0 Å². The number of rotatable bonds is 4. The first-order chi connectivity index (χ1) is 8.16. The second-order valence-corrected chi connectivity index (χ2v) is 4.41. The molecule has 0 spiro atoms. The van der Waals surface area contributed by atoms with Crippen molar-refractivity contribution in [2.45, 2.75) is 12.1 Å². The van der Waals surface area contributed by atoms with Gasteiger partial charge in [0.25, 0.3) is 0 Å². The number of nitrogens with zero attached hydrogens (tertiary/aromatic N) is 4. The molecule has 0 aliphatic rings. The molecule has 2 aromatic rings. The maximum atomic E-state index is 10.7. The molecule has 0 bridgehead atoms. The third-order valence-electron chi connectivity index (χ3n) is 2.06. The SMILES string of the molecule is Cc1ccc(-n2nnnc2SCC(N)=O)cc1. The molecule has 0 radical (unpaired) electrons. The summed E-state index contributed by atoms with van der Waals surface area (Å²) in [5, 5.41) is 11.9. The zero-order valence-electron chi connectivity index (χ0n) is 9.20. The predicted octanol–water partition coefficient (Wildman–Crippen LogP) is 0.548. The van der Waals surface area contributed by atoms with Crippen molar-refractivity contribution in [2.24, 2.45) is 5.73 Å². The van der Waals surface area contributed by atoms with Crippen LogP contribution < -0.4 is 5.73 Å². The summed E-state index contributed by atoms with van der Waals surface area (Å²) >= 11 is 1.21. The third kappa shape index (κ3) is 2.82. The fourth-order valence-corrected chi connectivity index (χ4v) is 1.88. The fraction of sp³-hybridized carbons (Fsp3) is 0.200. The number of benzene rings is 1. The Hall–Kier alpha value is -1.89. The second-order valence-electron chi connectivity index (χ2n) is 3.46. The summed E-state index contributed by atoms with van der Waals surface area (Å²) in [4.78, 5) is 10.7. The van der Waals surface area contributed by atoms with Gasteiger partial charge in [-0.25, -0.2) is 0 Å². The van der Waals surface area contributed by atoms with Crippen molar-refractivity contribution in [1.29, 1.82) is 0 Å². The predicted molar refractivity (Wildman–Crippen MR) is 63.8 cm³/mol. The smallest absolute Gasteiger partial charge is 0.227 e. The molecular weight excluding hydrogens is 238 g/mol. The average molecular weight is 249 g/mol. The number of hydrogen-bond acceptors (Lipinski definition) is 5. The van der Waals surface area contributed by atoms with Crippen LogP contribution in [0.1, 0.15) is 5.56 Å². The molecule has 0 saturated heterocycles. The Morgan fingerprint density at radius 3 is 2.76 bits per heavy atom. The van der Waals surface area contributed by atoms with Crippen molar-refractivity contribution >= 4 is 17.7 Å². The second kappa shape index (κ2) is 4.96. The molecule has 1 heterocycles. The van der Waals surface area contributed by atoms with E-state index in [-0.39, 0.29) is 5.75 Å². The number of carbonyl (C=O) groups excluding carboxylic acids is 1. The van der Waals surface area contributed by atoms with Crippen LogP contribution in [0.5, 0.6) is 0 Å². The number of primary amides is 1. The highest BCUT2D eigenvalue weighted by atomic mass is 32.2. The van der Waals surface area contributed by atoms with Gasteiger partial charge >= 0.3 is 0 Å². The Labute approximate surface area is 102 Å². The summed E-state index contributed by atoms with van der Waals surface area (Å²) in [7, 11) is 0. The molecule has 0 fully saturated rings. The molecule has 0 unspecified atom stereocenters. The lowest BCUT2D eigenvalue weighted by atomic mass is 10.2. The molecule has 1 aromatic heterocycles. The lowest BCUT2D eigenvalue weighted by Crippen LogP contribution is -2.13. The molecule has 7 heteroatoms. The number of amides is 1. The molecule has 1 aromatic carbocycles. The van der Waals surface area contributed by atoms with Gasteiger partial charge in [-0.2, -0.15) is 4.68 Å². The third-order valence-corrected chi connectivity index (χ3v) is 3.00. The highest BCUT2D eigenvalue weighted by Gasteiger charge is 2.09. The molecular formula is C10H11N5OS. The topological polar surface area (TPSA) is 86.7 Å². The zero-order valence-corrected chi connectivity index (χ0v) is 10.0. The van der Waals surface area contributed by atoms with Crippen molar-refractivity contribution in [2.75, 3.05) is 5.75 Å². The van der Waals surface area contributed by atoms with Crippen LogP contribution >= 0.6 is 11.8 Å². The van der Waals surface area contributed by atoms with Gasteiger partial charge in [-0.15, -0.1) is 5.10 Å². The number of tetrazole rings is 1. The van der Waals surface area contributed by atoms with Crippen LogP contribution in [0.3, 0.4) is 0 Å². The van der Waals surface area contributed by atoms with Gasteiger partial charge < -0.3 is 5.73 Å². The largest absolute Gasteiger partial charge is 0.369 e. The standard InChI is InChI=1S/C10H11N5OS/c1-7-2-4-8(5-3-7)15-10(12-13-14-15)17-6-9(11)16/h2-5H,6H2,1H3,(H2,11,16). The number of hydrogen-bond donors (Lipinski definition) is 1. The Morgan fingerprint density at radius 1 is 1.41 bits per heavy atom. The van der Waals surface area contributed by atoms with E-state index in [9.17, 15) is 4.79 Å². The Kier molecular flexibility index (Phi) is 3.38. The van der Waals surface area contributed by atoms with E-state index in [1.807, 2.05) is 31.2 Å². The van der Waals surface area contributed by atoms with Gasteiger partial charge in [0.1, 0.15) is 0 Å². The van der Waals surface area contributed by atoms with Crippen LogP contribution in [0.25, 0.3) is 5.69 Å². The monoisotopic (exact) mass is 249 g/mol. The van der Waals surface area contributed by atoms with Gasteiger partial charge in [-0.3, -0.25) is 4.79 Å². The van der Waals surface area contributed by atoms with E-state index >= 15 is 0 Å². The Morgan fingerprint density at radius 2 is 2.12 bits per heavy atom. The minimum absolute atomic E-state index is 0.159. The van der Waals surface area contributed by atoms with Crippen molar-refractivity contribution in [3.05, 3.63) is 29.8 Å². The molecule has 0 saturated carbocycles. The van der Waals surface area contributed by atoms with E-state index in [4.69, 9.17) is 5.73 Å². The number of aryl methyl sites for hydroxylation is 1. The molecule has 2 N–H and O–H groups in total. The fourth-order valence-electron chi connectivity index (χ4n) is 1.25. The summed E-state index contributed by atoms with van der Waals surface area (Å²) in [5.41, 5.74) is 7.09. The maximum Gasteiger partial charge on any atom is 0.227 e. The van der Waals surface area contributed by atoms with Gasteiger partial charge in [0.05, 0.1) is 11.4 Å². The molecule has 88 valence electrons. The van der Waals surface area contributed by atoms with Crippen LogP contribution in [0.15, 0.2) is 29.4 Å². The van der Waals surface area contributed by atoms with Gasteiger partial charge in [0, 0.05) is 0 Å². The van der Waals surface area contributed by atoms with Crippen molar-refractivity contribution in [3.8, 4) is 5.69 Å². The quantitative estimate of drug-likeness (QED) is 0.799. The average Bonchev–Trinajstić information content (AvgIpc) is 2.75. The summed E-state index contributed by atoms with van der Waals surface area (Å²) in [6, 6.07) is 7.78. The van der Waals surface area contributed by atoms with Crippen LogP contribution in [0.4, 0.5) is 0 Å². The summed E-state index contributed by atoms with van der Waals surface area (Å²) in [5.74, 6) is -0.236. The number of nitrogens with two attached hydrogens (primary N) is 1. The van der Waals surface area contributed by atoms with Crippen molar-refractivity contribution < 1.29 is 4.79 Å². The van der Waals surface area contributed by atoms with Gasteiger partial charge in [-0.05, 0) is 29.5 Å². The summed E-state index contributed by atoms with van der Waals surface area (Å²) in [6.07, 6.45) is 0. The van der Waals surface area contributed by atoms with E-state index in [1.54, 1.807) is 4.68 Å². The normalized spacial score (nSPS) is 10.4. The highest BCUT2D eigenvalue weighted by molar-refractivity contribution is 7.99. The van der Waals surface area contributed by atoms with Crippen LogP contribution in [-0.4, -0.2) is 31.9 Å². The van der Waals surface area contributed by atoms with Gasteiger partial charge in [0.2, 0.25) is 11.1 Å². The summed E-state index contributed by atoms with van der Waals surface area (Å²) < 4.78 is 1.58. The molecule has 2 rings (SSSR count). The Balaban J connectivity index is 2.24. The molecule has 0 aliphatic heterocycles. The molecule has 0 atom stereocenters. The lowest BCUT2D eigenvalue weighted by molar-refractivity contribution is -0.115. The van der Waals surface area contributed by atoms with E-state index in [0.717, 1.165) is 11.3 Å². The van der Waals surface area contributed by atoms with Crippen LogP contribution in [-0.2, 0) is 4.79 Å². The van der Waals surface area contributed by atoms with E-state index in [0.29, 0.717) is 5.16 Å². The van der Waals surface area contributed by atoms with Gasteiger partial charge in [0.15, 0.2) is 0 Å². The molecule has 1 amide bonds. The van der Waals surface area contributed by atoms with E-state index in [1.165, 1.54) is 11.8 Å². The first-order valence-electron chi connectivity index (χ1n) is 4.93. The summed E-state index contributed by atoms with van der Waals surface area (Å²) in [6.45, 7) is 2.01.